The highest BCUT2D eigenvalue weighted by molar-refractivity contribution is 5.93. The highest BCUT2D eigenvalue weighted by atomic mass is 19.1. The summed E-state index contributed by atoms with van der Waals surface area (Å²) in [6.45, 7) is 2.21. The zero-order chi connectivity index (χ0) is 15.2. The number of amides is 1. The number of nitrogens with zero attached hydrogens (tertiary/aromatic N) is 1. The molecule has 1 amide bonds. The van der Waals surface area contributed by atoms with Gasteiger partial charge in [-0.25, -0.2) is 4.39 Å². The Hall–Kier alpha value is -2.21. The fourth-order valence-corrected chi connectivity index (χ4v) is 1.82. The van der Waals surface area contributed by atoms with Crippen LogP contribution < -0.4 is 5.32 Å². The third kappa shape index (κ3) is 3.88. The second-order valence-corrected chi connectivity index (χ2v) is 4.66. The molecule has 0 saturated heterocycles. The molecule has 112 valence electrons. The summed E-state index contributed by atoms with van der Waals surface area (Å²) in [5, 5.41) is 15.7. The average molecular weight is 292 g/mol. The summed E-state index contributed by atoms with van der Waals surface area (Å²) < 4.78 is 18.6. The van der Waals surface area contributed by atoms with Gasteiger partial charge in [-0.1, -0.05) is 24.2 Å². The molecule has 0 aliphatic carbocycles. The molecule has 2 aromatic rings. The van der Waals surface area contributed by atoms with E-state index in [0.29, 0.717) is 19.4 Å². The molecule has 0 aliphatic heterocycles. The Bertz CT molecular complexity index is 612. The fraction of sp³-hybridized carbons (Fsp3) is 0.333. The molecule has 5 nitrogen and oxygen atoms in total. The molecule has 1 aromatic carbocycles. The molecule has 0 aliphatic rings. The quantitative estimate of drug-likeness (QED) is 0.857. The highest BCUT2D eigenvalue weighted by Gasteiger charge is 2.15. The predicted octanol–water partition coefficient (Wildman–Crippen LogP) is 2.37. The molecule has 6 heteroatoms. The first kappa shape index (κ1) is 15.2. The number of aromatic nitrogens is 1. The van der Waals surface area contributed by atoms with Crippen molar-refractivity contribution in [2.75, 3.05) is 6.54 Å². The van der Waals surface area contributed by atoms with Crippen molar-refractivity contribution >= 4 is 5.91 Å². The van der Waals surface area contributed by atoms with E-state index in [1.807, 2.05) is 6.92 Å². The molecule has 2 N–H and O–H groups in total. The number of nitrogens with one attached hydrogen (secondary N) is 1. The summed E-state index contributed by atoms with van der Waals surface area (Å²) >= 11 is 0. The Balaban J connectivity index is 2.00. The number of aliphatic hydroxyl groups excluding tert-OH is 1. The summed E-state index contributed by atoms with van der Waals surface area (Å²) in [6, 6.07) is 7.50. The first-order valence-corrected chi connectivity index (χ1v) is 6.79. The SMILES string of the molecule is CCC(O)CCNC(=O)c1cc(-c2ccccc2F)on1. The van der Waals surface area contributed by atoms with Crippen LogP contribution in [-0.4, -0.2) is 28.8 Å². The van der Waals surface area contributed by atoms with Crippen LogP contribution in [0.15, 0.2) is 34.9 Å². The van der Waals surface area contributed by atoms with E-state index in [1.165, 1.54) is 12.1 Å². The first-order chi connectivity index (χ1) is 10.1. The topological polar surface area (TPSA) is 75.4 Å². The van der Waals surface area contributed by atoms with Gasteiger partial charge in [0.15, 0.2) is 11.5 Å². The van der Waals surface area contributed by atoms with Crippen molar-refractivity contribution in [3.05, 3.63) is 41.8 Å². The molecule has 1 heterocycles. The normalized spacial score (nSPS) is 12.1. The Morgan fingerprint density at radius 3 is 2.95 bits per heavy atom. The maximum Gasteiger partial charge on any atom is 0.273 e. The van der Waals surface area contributed by atoms with Crippen LogP contribution in [0.3, 0.4) is 0 Å². The second kappa shape index (κ2) is 6.99. The minimum absolute atomic E-state index is 0.0826. The molecule has 0 radical (unpaired) electrons. The van der Waals surface area contributed by atoms with Gasteiger partial charge in [0.25, 0.3) is 5.91 Å². The van der Waals surface area contributed by atoms with Crippen LogP contribution >= 0.6 is 0 Å². The van der Waals surface area contributed by atoms with Crippen molar-refractivity contribution < 1.29 is 18.8 Å². The Morgan fingerprint density at radius 1 is 1.48 bits per heavy atom. The van der Waals surface area contributed by atoms with Crippen LogP contribution in [0, 0.1) is 5.82 Å². The summed E-state index contributed by atoms with van der Waals surface area (Å²) in [7, 11) is 0. The Morgan fingerprint density at radius 2 is 2.24 bits per heavy atom. The summed E-state index contributed by atoms with van der Waals surface area (Å²) in [5.41, 5.74) is 0.338. The molecular weight excluding hydrogens is 275 g/mol. The van der Waals surface area contributed by atoms with E-state index in [9.17, 15) is 14.3 Å². The molecule has 1 atom stereocenters. The van der Waals surface area contributed by atoms with Crippen LogP contribution in [0.2, 0.25) is 0 Å². The van der Waals surface area contributed by atoms with Gasteiger partial charge in [-0.3, -0.25) is 4.79 Å². The molecule has 1 aromatic heterocycles. The zero-order valence-electron chi connectivity index (χ0n) is 11.7. The van der Waals surface area contributed by atoms with Gasteiger partial charge in [0, 0.05) is 12.6 Å². The van der Waals surface area contributed by atoms with E-state index in [4.69, 9.17) is 4.52 Å². The lowest BCUT2D eigenvalue weighted by Gasteiger charge is -2.07. The number of carbonyl (C=O) groups is 1. The number of halogens is 1. The third-order valence-corrected chi connectivity index (χ3v) is 3.12. The summed E-state index contributed by atoms with van der Waals surface area (Å²) in [4.78, 5) is 11.8. The monoisotopic (exact) mass is 292 g/mol. The van der Waals surface area contributed by atoms with E-state index in [0.717, 1.165) is 0 Å². The van der Waals surface area contributed by atoms with Crippen LogP contribution in [0.4, 0.5) is 4.39 Å². The minimum Gasteiger partial charge on any atom is -0.393 e. The van der Waals surface area contributed by atoms with Gasteiger partial charge in [-0.05, 0) is 25.0 Å². The molecule has 21 heavy (non-hydrogen) atoms. The van der Waals surface area contributed by atoms with Gasteiger partial charge < -0.3 is 14.9 Å². The lowest BCUT2D eigenvalue weighted by atomic mass is 10.1. The van der Waals surface area contributed by atoms with Gasteiger partial charge in [-0.2, -0.15) is 0 Å². The number of aliphatic hydroxyl groups is 1. The largest absolute Gasteiger partial charge is 0.393 e. The van der Waals surface area contributed by atoms with Crippen molar-refractivity contribution in [1.82, 2.24) is 10.5 Å². The van der Waals surface area contributed by atoms with Crippen LogP contribution in [0.5, 0.6) is 0 Å². The molecule has 0 bridgehead atoms. The lowest BCUT2D eigenvalue weighted by molar-refractivity contribution is 0.0933. The highest BCUT2D eigenvalue weighted by Crippen LogP contribution is 2.23. The van der Waals surface area contributed by atoms with E-state index < -0.39 is 17.8 Å². The maximum atomic E-state index is 13.6. The van der Waals surface area contributed by atoms with Gasteiger partial charge in [0.1, 0.15) is 5.82 Å². The predicted molar refractivity (Wildman–Crippen MR) is 75.1 cm³/mol. The van der Waals surface area contributed by atoms with E-state index in [1.54, 1.807) is 18.2 Å². The van der Waals surface area contributed by atoms with Crippen molar-refractivity contribution in [2.45, 2.75) is 25.9 Å². The number of carbonyl (C=O) groups excluding carboxylic acids is 1. The van der Waals surface area contributed by atoms with Crippen LogP contribution in [0.25, 0.3) is 11.3 Å². The maximum absolute atomic E-state index is 13.6. The molecule has 0 fully saturated rings. The lowest BCUT2D eigenvalue weighted by Crippen LogP contribution is -2.27. The van der Waals surface area contributed by atoms with Gasteiger partial charge in [0.2, 0.25) is 0 Å². The number of benzene rings is 1. The second-order valence-electron chi connectivity index (χ2n) is 4.66. The smallest absolute Gasteiger partial charge is 0.273 e. The average Bonchev–Trinajstić information content (AvgIpc) is 2.97. The van der Waals surface area contributed by atoms with Gasteiger partial charge in [-0.15, -0.1) is 0 Å². The molecule has 0 spiro atoms. The zero-order valence-corrected chi connectivity index (χ0v) is 11.7. The molecular formula is C15H17FN2O3. The molecule has 0 saturated carbocycles. The van der Waals surface area contributed by atoms with E-state index in [-0.39, 0.29) is 17.0 Å². The van der Waals surface area contributed by atoms with Crippen molar-refractivity contribution in [2.24, 2.45) is 0 Å². The minimum atomic E-state index is -0.438. The Labute approximate surface area is 121 Å². The molecule has 2 rings (SSSR count). The number of hydrogen-bond donors (Lipinski definition) is 2. The Kier molecular flexibility index (Phi) is 5.05. The molecule has 1 unspecified atom stereocenters. The van der Waals surface area contributed by atoms with Gasteiger partial charge >= 0.3 is 0 Å². The summed E-state index contributed by atoms with van der Waals surface area (Å²) in [5.74, 6) is -0.650. The van der Waals surface area contributed by atoms with Gasteiger partial charge in [0.05, 0.1) is 11.7 Å². The van der Waals surface area contributed by atoms with E-state index >= 15 is 0 Å². The number of rotatable bonds is 6. The van der Waals surface area contributed by atoms with E-state index in [2.05, 4.69) is 10.5 Å². The van der Waals surface area contributed by atoms with Crippen LogP contribution in [-0.2, 0) is 0 Å². The van der Waals surface area contributed by atoms with Crippen LogP contribution in [0.1, 0.15) is 30.3 Å². The van der Waals surface area contributed by atoms with Crippen molar-refractivity contribution in [1.29, 1.82) is 0 Å². The summed E-state index contributed by atoms with van der Waals surface area (Å²) in [6.07, 6.45) is 0.675. The first-order valence-electron chi connectivity index (χ1n) is 6.79. The number of hydrogen-bond acceptors (Lipinski definition) is 4. The third-order valence-electron chi connectivity index (χ3n) is 3.12. The van der Waals surface area contributed by atoms with Crippen molar-refractivity contribution in [3.8, 4) is 11.3 Å². The standard InChI is InChI=1S/C15H17FN2O3/c1-2-10(19)7-8-17-15(20)13-9-14(21-18-13)11-5-3-4-6-12(11)16/h3-6,9-10,19H,2,7-8H2,1H3,(H,17,20). The van der Waals surface area contributed by atoms with Crippen molar-refractivity contribution in [3.63, 3.8) is 0 Å². The fourth-order valence-electron chi connectivity index (χ4n) is 1.82.